The lowest BCUT2D eigenvalue weighted by molar-refractivity contribution is -0.384. The van der Waals surface area contributed by atoms with Crippen molar-refractivity contribution >= 4 is 11.4 Å². The zero-order valence-electron chi connectivity index (χ0n) is 12.2. The molecule has 1 aromatic rings. The fourth-order valence-electron chi connectivity index (χ4n) is 3.02. The van der Waals surface area contributed by atoms with Crippen molar-refractivity contribution in [3.63, 3.8) is 0 Å². The Kier molecular flexibility index (Phi) is 4.76. The van der Waals surface area contributed by atoms with E-state index in [-0.39, 0.29) is 22.7 Å². The Hall–Kier alpha value is -2.13. The third-order valence-electron chi connectivity index (χ3n) is 4.13. The Labute approximate surface area is 124 Å². The van der Waals surface area contributed by atoms with Gasteiger partial charge in [-0.15, -0.1) is 0 Å². The summed E-state index contributed by atoms with van der Waals surface area (Å²) >= 11 is 0. The van der Waals surface area contributed by atoms with Crippen molar-refractivity contribution in [3.8, 4) is 6.07 Å². The van der Waals surface area contributed by atoms with Crippen LogP contribution >= 0.6 is 0 Å². The van der Waals surface area contributed by atoms with Crippen LogP contribution in [0.4, 0.5) is 11.4 Å². The van der Waals surface area contributed by atoms with Crippen LogP contribution in [0.25, 0.3) is 0 Å². The number of nitro groups is 1. The van der Waals surface area contributed by atoms with Crippen LogP contribution in [0.15, 0.2) is 18.2 Å². The molecule has 1 aromatic carbocycles. The van der Waals surface area contributed by atoms with E-state index in [1.807, 2.05) is 11.8 Å². The van der Waals surface area contributed by atoms with Crippen molar-refractivity contribution < 1.29 is 4.92 Å². The number of rotatable bonds is 4. The summed E-state index contributed by atoms with van der Waals surface area (Å²) in [6.07, 6.45) is 3.74. The summed E-state index contributed by atoms with van der Waals surface area (Å²) in [4.78, 5) is 12.9. The maximum absolute atomic E-state index is 11.3. The van der Waals surface area contributed by atoms with Crippen molar-refractivity contribution in [2.24, 2.45) is 5.73 Å². The summed E-state index contributed by atoms with van der Waals surface area (Å²) in [5, 5.41) is 20.3. The topological polar surface area (TPSA) is 96.2 Å². The third kappa shape index (κ3) is 3.31. The van der Waals surface area contributed by atoms with Gasteiger partial charge in [-0.1, -0.05) is 0 Å². The molecule has 0 radical (unpaired) electrons. The first-order chi connectivity index (χ1) is 10.1. The van der Waals surface area contributed by atoms with Gasteiger partial charge in [0.1, 0.15) is 5.69 Å². The van der Waals surface area contributed by atoms with Gasteiger partial charge in [-0.3, -0.25) is 10.1 Å². The number of anilines is 1. The number of hydrogen-bond donors (Lipinski definition) is 1. The molecule has 0 amide bonds. The highest BCUT2D eigenvalue weighted by atomic mass is 16.6. The largest absolute Gasteiger partial charge is 0.363 e. The van der Waals surface area contributed by atoms with Crippen LogP contribution in [0.5, 0.6) is 0 Å². The van der Waals surface area contributed by atoms with Crippen LogP contribution in [-0.4, -0.2) is 23.6 Å². The van der Waals surface area contributed by atoms with E-state index in [2.05, 4.69) is 6.07 Å². The molecular formula is C15H20N4O2. The van der Waals surface area contributed by atoms with Gasteiger partial charge in [0.05, 0.1) is 16.6 Å². The number of nitrogens with zero attached hydrogens (tertiary/aromatic N) is 3. The normalized spacial score (nSPS) is 21.6. The van der Waals surface area contributed by atoms with E-state index in [1.54, 1.807) is 6.07 Å². The number of nitro benzene ring substituents is 1. The fraction of sp³-hybridized carbons (Fsp3) is 0.533. The molecule has 0 atom stereocenters. The molecule has 1 saturated carbocycles. The second-order valence-electron chi connectivity index (χ2n) is 5.43. The molecule has 0 spiro atoms. The lowest BCUT2D eigenvalue weighted by atomic mass is 9.90. The molecule has 0 aromatic heterocycles. The minimum absolute atomic E-state index is 0.0609. The Bertz CT molecular complexity index is 559. The minimum Gasteiger partial charge on any atom is -0.363 e. The zero-order chi connectivity index (χ0) is 15.4. The SMILES string of the molecule is CCN(c1cc(C#N)ccc1[N+](=O)[O-])C1CCC(N)CC1. The molecular weight excluding hydrogens is 268 g/mol. The van der Waals surface area contributed by atoms with E-state index in [0.717, 1.165) is 25.7 Å². The van der Waals surface area contributed by atoms with Gasteiger partial charge in [0.2, 0.25) is 0 Å². The molecule has 1 aliphatic rings. The minimum atomic E-state index is -0.381. The van der Waals surface area contributed by atoms with Crippen LogP contribution in [0.2, 0.25) is 0 Å². The van der Waals surface area contributed by atoms with Gasteiger partial charge < -0.3 is 10.6 Å². The summed E-state index contributed by atoms with van der Waals surface area (Å²) in [6.45, 7) is 2.66. The number of nitriles is 1. The van der Waals surface area contributed by atoms with E-state index in [9.17, 15) is 10.1 Å². The van der Waals surface area contributed by atoms with Crippen LogP contribution in [-0.2, 0) is 0 Å². The molecule has 1 fully saturated rings. The Morgan fingerprint density at radius 2 is 2.10 bits per heavy atom. The van der Waals surface area contributed by atoms with Gasteiger partial charge in [0.15, 0.2) is 0 Å². The molecule has 6 heteroatoms. The van der Waals surface area contributed by atoms with Crippen LogP contribution in [0.1, 0.15) is 38.2 Å². The molecule has 112 valence electrons. The van der Waals surface area contributed by atoms with E-state index in [4.69, 9.17) is 11.0 Å². The number of nitrogens with two attached hydrogens (primary N) is 1. The standard InChI is InChI=1S/C15H20N4O2/c1-2-18(13-6-4-12(17)5-7-13)15-9-11(10-16)3-8-14(15)19(20)21/h3,8-9,12-13H,2,4-7,17H2,1H3. The average Bonchev–Trinajstić information content (AvgIpc) is 2.49. The lowest BCUT2D eigenvalue weighted by Gasteiger charge is -2.36. The Morgan fingerprint density at radius 3 is 2.62 bits per heavy atom. The lowest BCUT2D eigenvalue weighted by Crippen LogP contribution is -2.41. The summed E-state index contributed by atoms with van der Waals surface area (Å²) in [5.41, 5.74) is 6.98. The molecule has 1 aliphatic carbocycles. The molecule has 0 heterocycles. The monoisotopic (exact) mass is 288 g/mol. The van der Waals surface area contributed by atoms with E-state index in [0.29, 0.717) is 17.8 Å². The third-order valence-corrected chi connectivity index (χ3v) is 4.13. The maximum atomic E-state index is 11.3. The van der Waals surface area contributed by atoms with Crippen molar-refractivity contribution in [1.82, 2.24) is 0 Å². The summed E-state index contributed by atoms with van der Waals surface area (Å²) < 4.78 is 0. The number of hydrogen-bond acceptors (Lipinski definition) is 5. The summed E-state index contributed by atoms with van der Waals surface area (Å²) in [5.74, 6) is 0. The van der Waals surface area contributed by atoms with Crippen LogP contribution < -0.4 is 10.6 Å². The first-order valence-electron chi connectivity index (χ1n) is 7.27. The predicted molar refractivity (Wildman–Crippen MR) is 81.1 cm³/mol. The predicted octanol–water partition coefficient (Wildman–Crippen LogP) is 2.56. The first-order valence-corrected chi connectivity index (χ1v) is 7.27. The fourth-order valence-corrected chi connectivity index (χ4v) is 3.02. The highest BCUT2D eigenvalue weighted by Crippen LogP contribution is 2.34. The van der Waals surface area contributed by atoms with Crippen molar-refractivity contribution in [2.45, 2.75) is 44.7 Å². The van der Waals surface area contributed by atoms with Gasteiger partial charge in [-0.25, -0.2) is 0 Å². The Morgan fingerprint density at radius 1 is 1.43 bits per heavy atom. The molecule has 0 saturated heterocycles. The molecule has 0 unspecified atom stereocenters. The Balaban J connectivity index is 2.36. The highest BCUT2D eigenvalue weighted by molar-refractivity contribution is 5.66. The zero-order valence-corrected chi connectivity index (χ0v) is 12.2. The number of benzene rings is 1. The molecule has 21 heavy (non-hydrogen) atoms. The van der Waals surface area contributed by atoms with Crippen LogP contribution in [0.3, 0.4) is 0 Å². The van der Waals surface area contributed by atoms with Crippen molar-refractivity contribution in [3.05, 3.63) is 33.9 Å². The van der Waals surface area contributed by atoms with Gasteiger partial charge >= 0.3 is 0 Å². The smallest absolute Gasteiger partial charge is 0.292 e. The van der Waals surface area contributed by atoms with E-state index in [1.165, 1.54) is 12.1 Å². The second kappa shape index (κ2) is 6.55. The molecule has 6 nitrogen and oxygen atoms in total. The van der Waals surface area contributed by atoms with E-state index >= 15 is 0 Å². The van der Waals surface area contributed by atoms with E-state index < -0.39 is 0 Å². The molecule has 2 rings (SSSR count). The van der Waals surface area contributed by atoms with Gasteiger partial charge in [-0.05, 0) is 44.7 Å². The molecule has 0 aliphatic heterocycles. The average molecular weight is 288 g/mol. The van der Waals surface area contributed by atoms with Crippen molar-refractivity contribution in [2.75, 3.05) is 11.4 Å². The highest BCUT2D eigenvalue weighted by Gasteiger charge is 2.28. The molecule has 2 N–H and O–H groups in total. The quantitative estimate of drug-likeness (QED) is 0.678. The van der Waals surface area contributed by atoms with Gasteiger partial charge in [0.25, 0.3) is 5.69 Å². The first kappa shape index (κ1) is 15.3. The molecule has 0 bridgehead atoms. The van der Waals surface area contributed by atoms with Crippen molar-refractivity contribution in [1.29, 1.82) is 5.26 Å². The maximum Gasteiger partial charge on any atom is 0.292 e. The summed E-state index contributed by atoms with van der Waals surface area (Å²) in [6, 6.07) is 7.08. The van der Waals surface area contributed by atoms with Gasteiger partial charge in [0, 0.05) is 24.7 Å². The van der Waals surface area contributed by atoms with Gasteiger partial charge in [-0.2, -0.15) is 5.26 Å². The second-order valence-corrected chi connectivity index (χ2v) is 5.43. The van der Waals surface area contributed by atoms with Crippen LogP contribution in [0, 0.1) is 21.4 Å². The summed E-state index contributed by atoms with van der Waals surface area (Å²) in [7, 11) is 0.